The molecule has 1 unspecified atom stereocenters. The van der Waals surface area contributed by atoms with Crippen molar-refractivity contribution in [2.75, 3.05) is 0 Å². The van der Waals surface area contributed by atoms with Crippen molar-refractivity contribution in [3.05, 3.63) is 0 Å². The molecule has 2 nitrogen and oxygen atoms in total. The molecule has 17 heavy (non-hydrogen) atoms. The van der Waals surface area contributed by atoms with Crippen LogP contribution in [0.2, 0.25) is 0 Å². The Labute approximate surface area is 117 Å². The molecule has 6 heteroatoms. The van der Waals surface area contributed by atoms with Gasteiger partial charge < -0.3 is 0 Å². The Kier molecular flexibility index (Phi) is 6.39. The number of amidine groups is 1. The zero-order chi connectivity index (χ0) is 13.9. The van der Waals surface area contributed by atoms with Crippen LogP contribution in [-0.4, -0.2) is 51.1 Å². The molecule has 0 aliphatic heterocycles. The summed E-state index contributed by atoms with van der Waals surface area (Å²) in [5, 5.41) is 0. The summed E-state index contributed by atoms with van der Waals surface area (Å²) in [5.74, 6) is 0.576. The zero-order valence-electron chi connectivity index (χ0n) is 11.1. The fraction of sp³-hybridized carbons (Fsp3) is 0.909. The van der Waals surface area contributed by atoms with Crippen LogP contribution < -0.4 is 0 Å². The summed E-state index contributed by atoms with van der Waals surface area (Å²) in [5.41, 5.74) is -0.336. The summed E-state index contributed by atoms with van der Waals surface area (Å²) >= 11 is 0.399. The molecule has 2 radical (unpaired) electrons. The van der Waals surface area contributed by atoms with Gasteiger partial charge in [-0.2, -0.15) is 0 Å². The van der Waals surface area contributed by atoms with Crippen molar-refractivity contribution in [3.8, 4) is 0 Å². The molecule has 0 spiro atoms. The summed E-state index contributed by atoms with van der Waals surface area (Å²) in [6.45, 7) is 8.84. The van der Waals surface area contributed by atoms with Crippen LogP contribution >= 0.6 is 0 Å². The average Bonchev–Trinajstić information content (AvgIpc) is 2.11. The van der Waals surface area contributed by atoms with E-state index in [1.54, 1.807) is 0 Å². The first-order chi connectivity index (χ1) is 7.49. The third-order valence-corrected chi connectivity index (χ3v) is 4.25. The quantitative estimate of drug-likeness (QED) is 0.562. The van der Waals surface area contributed by atoms with Crippen LogP contribution in [0.3, 0.4) is 0 Å². The first kappa shape index (κ1) is 17.1. The second-order valence-corrected chi connectivity index (χ2v) is 6.66. The average molecular weight is 352 g/mol. The Bertz CT molecular complexity index is 269. The van der Waals surface area contributed by atoms with Gasteiger partial charge in [-0.25, -0.2) is 0 Å². The molecular weight excluding hydrogens is 332 g/mol. The summed E-state index contributed by atoms with van der Waals surface area (Å²) in [4.78, 5) is 4.41. The molecule has 0 aliphatic carbocycles. The number of aliphatic imine (C=N–C) groups is 1. The second-order valence-electron chi connectivity index (χ2n) is 5.07. The topological polar surface area (TPSA) is 15.6 Å². The number of alkyl halides is 3. The van der Waals surface area contributed by atoms with Crippen molar-refractivity contribution in [1.29, 1.82) is 0 Å². The zero-order valence-corrected chi connectivity index (χ0v) is 14.4. The van der Waals surface area contributed by atoms with E-state index in [0.717, 1.165) is 6.42 Å². The van der Waals surface area contributed by atoms with E-state index in [2.05, 4.69) is 4.99 Å². The van der Waals surface area contributed by atoms with Gasteiger partial charge >= 0.3 is 117 Å². The second kappa shape index (κ2) is 6.34. The van der Waals surface area contributed by atoms with Gasteiger partial charge in [0.25, 0.3) is 0 Å². The monoisotopic (exact) mass is 352 g/mol. The SMILES string of the molecule is CCCC(=NC(C)(C)C)[N]([In])C(C)C(F)(F)F. The maximum absolute atomic E-state index is 12.7. The van der Waals surface area contributed by atoms with Gasteiger partial charge in [0.15, 0.2) is 0 Å². The summed E-state index contributed by atoms with van der Waals surface area (Å²) in [7, 11) is 0. The fourth-order valence-corrected chi connectivity index (χ4v) is 2.25. The number of nitrogens with zero attached hydrogens (tertiary/aromatic N) is 2. The van der Waals surface area contributed by atoms with E-state index in [0.29, 0.717) is 36.9 Å². The molecule has 0 aromatic carbocycles. The summed E-state index contributed by atoms with van der Waals surface area (Å²) in [6.07, 6.45) is -2.79. The van der Waals surface area contributed by atoms with Crippen molar-refractivity contribution < 1.29 is 13.2 Å². The minimum atomic E-state index is -4.19. The fourth-order valence-electron chi connectivity index (χ4n) is 1.23. The molecule has 0 aliphatic rings. The van der Waals surface area contributed by atoms with Crippen LogP contribution in [0.5, 0.6) is 0 Å². The van der Waals surface area contributed by atoms with E-state index in [4.69, 9.17) is 0 Å². The molecule has 0 aromatic heterocycles. The predicted molar refractivity (Wildman–Crippen MR) is 65.2 cm³/mol. The molecule has 1 atom stereocenters. The Morgan fingerprint density at radius 1 is 1.29 bits per heavy atom. The van der Waals surface area contributed by atoms with Crippen LogP contribution in [0.25, 0.3) is 0 Å². The normalized spacial score (nSPS) is 15.9. The first-order valence-corrected chi connectivity index (χ1v) is 7.15. The first-order valence-electron chi connectivity index (χ1n) is 5.68. The van der Waals surface area contributed by atoms with Crippen LogP contribution in [0.4, 0.5) is 13.2 Å². The van der Waals surface area contributed by atoms with Crippen molar-refractivity contribution in [1.82, 2.24) is 2.89 Å². The van der Waals surface area contributed by atoms with Crippen LogP contribution in [0.1, 0.15) is 47.5 Å². The molecule has 0 N–H and O–H groups in total. The van der Waals surface area contributed by atoms with Gasteiger partial charge in [0.1, 0.15) is 0 Å². The summed E-state index contributed by atoms with van der Waals surface area (Å²) in [6, 6.07) is -1.45. The third-order valence-electron chi connectivity index (χ3n) is 2.13. The van der Waals surface area contributed by atoms with Crippen LogP contribution in [0.15, 0.2) is 4.99 Å². The van der Waals surface area contributed by atoms with Gasteiger partial charge in [-0.15, -0.1) is 0 Å². The van der Waals surface area contributed by atoms with E-state index >= 15 is 0 Å². The van der Waals surface area contributed by atoms with E-state index in [9.17, 15) is 13.2 Å². The maximum atomic E-state index is 12.7. The summed E-state index contributed by atoms with van der Waals surface area (Å²) < 4.78 is 39.3. The molecule has 0 saturated carbocycles. The van der Waals surface area contributed by atoms with Gasteiger partial charge in [-0.1, -0.05) is 0 Å². The van der Waals surface area contributed by atoms with Gasteiger partial charge in [0.05, 0.1) is 0 Å². The number of rotatable bonds is 3. The molecule has 0 fully saturated rings. The Hall–Kier alpha value is 0.130. The Morgan fingerprint density at radius 2 is 1.76 bits per heavy atom. The molecule has 0 amide bonds. The van der Waals surface area contributed by atoms with Gasteiger partial charge in [-0.3, -0.25) is 0 Å². The van der Waals surface area contributed by atoms with Gasteiger partial charge in [0, 0.05) is 0 Å². The van der Waals surface area contributed by atoms with Crippen molar-refractivity contribution in [3.63, 3.8) is 0 Å². The standard InChI is InChI=1S/C11H20F3N2.In/c1-6-7-9(16-10(3,4)5)15-8(2)11(12,13)14;/h8H,6-7H2,1-5H3;/q-1;+1. The third kappa shape index (κ3) is 6.58. The van der Waals surface area contributed by atoms with Crippen molar-refractivity contribution >= 4 is 30.5 Å². The van der Waals surface area contributed by atoms with E-state index in [1.165, 1.54) is 9.81 Å². The Morgan fingerprint density at radius 3 is 2.06 bits per heavy atom. The molecule has 0 aromatic rings. The molecule has 0 bridgehead atoms. The van der Waals surface area contributed by atoms with E-state index in [-0.39, 0.29) is 5.54 Å². The molecular formula is C11H20F3InN2. The number of hydrogen-bond acceptors (Lipinski definition) is 1. The van der Waals surface area contributed by atoms with E-state index in [1.807, 2.05) is 27.7 Å². The number of hydrogen-bond donors (Lipinski definition) is 0. The Balaban J connectivity index is 5.02. The van der Waals surface area contributed by atoms with E-state index < -0.39 is 12.2 Å². The van der Waals surface area contributed by atoms with Crippen LogP contribution in [0, 0.1) is 0 Å². The van der Waals surface area contributed by atoms with Gasteiger partial charge in [-0.05, 0) is 0 Å². The molecule has 0 heterocycles. The molecule has 0 rings (SSSR count). The van der Waals surface area contributed by atoms with Crippen molar-refractivity contribution in [2.45, 2.75) is 65.2 Å². The molecule has 0 saturated heterocycles. The minimum absolute atomic E-state index is 0.336. The van der Waals surface area contributed by atoms with Crippen LogP contribution in [-0.2, 0) is 0 Å². The predicted octanol–water partition coefficient (Wildman–Crippen LogP) is 3.32. The molecule has 98 valence electrons. The van der Waals surface area contributed by atoms with Crippen molar-refractivity contribution in [2.24, 2.45) is 4.99 Å². The number of halogens is 3. The van der Waals surface area contributed by atoms with Gasteiger partial charge in [0.2, 0.25) is 0 Å².